The molecule has 0 unspecified atom stereocenters. The van der Waals surface area contributed by atoms with Gasteiger partial charge in [-0.1, -0.05) is 36.4 Å². The normalized spacial score (nSPS) is 13.8. The van der Waals surface area contributed by atoms with Crippen molar-refractivity contribution in [3.8, 4) is 0 Å². The standard InChI is InChI=1S/C17H14N2/c1-2-7-15(8-3-1)19-11-10-14-12-13-6-4-5-9-16(13)18-17(14)19/h1-9,12H,10-11H2. The van der Waals surface area contributed by atoms with Crippen LogP contribution in [-0.2, 0) is 6.42 Å². The van der Waals surface area contributed by atoms with Crippen LogP contribution >= 0.6 is 0 Å². The van der Waals surface area contributed by atoms with Gasteiger partial charge in [-0.2, -0.15) is 0 Å². The lowest BCUT2D eigenvalue weighted by atomic mass is 10.1. The smallest absolute Gasteiger partial charge is 0.137 e. The van der Waals surface area contributed by atoms with Gasteiger partial charge in [0, 0.05) is 17.6 Å². The summed E-state index contributed by atoms with van der Waals surface area (Å²) in [5.41, 5.74) is 3.65. The third-order valence-electron chi connectivity index (χ3n) is 3.71. The molecule has 0 fully saturated rings. The lowest BCUT2D eigenvalue weighted by Gasteiger charge is -2.18. The zero-order valence-electron chi connectivity index (χ0n) is 10.6. The van der Waals surface area contributed by atoms with E-state index in [1.54, 1.807) is 0 Å². The number of para-hydroxylation sites is 2. The summed E-state index contributed by atoms with van der Waals surface area (Å²) in [5, 5.41) is 1.23. The first-order valence-corrected chi connectivity index (χ1v) is 6.63. The summed E-state index contributed by atoms with van der Waals surface area (Å²) in [6.07, 6.45) is 1.07. The number of aromatic nitrogens is 1. The van der Waals surface area contributed by atoms with Crippen LogP contribution in [0.5, 0.6) is 0 Å². The summed E-state index contributed by atoms with van der Waals surface area (Å²) in [5.74, 6) is 1.12. The highest BCUT2D eigenvalue weighted by Crippen LogP contribution is 2.34. The number of hydrogen-bond acceptors (Lipinski definition) is 2. The minimum absolute atomic E-state index is 1.02. The summed E-state index contributed by atoms with van der Waals surface area (Å²) in [7, 11) is 0. The van der Waals surface area contributed by atoms with Crippen LogP contribution < -0.4 is 4.90 Å². The van der Waals surface area contributed by atoms with Crippen LogP contribution in [0.2, 0.25) is 0 Å². The molecule has 0 saturated carbocycles. The van der Waals surface area contributed by atoms with Gasteiger partial charge in [-0.25, -0.2) is 4.98 Å². The fourth-order valence-corrected chi connectivity index (χ4v) is 2.76. The Morgan fingerprint density at radius 1 is 0.895 bits per heavy atom. The van der Waals surface area contributed by atoms with Crippen molar-refractivity contribution >= 4 is 22.4 Å². The highest BCUT2D eigenvalue weighted by atomic mass is 15.2. The van der Waals surface area contributed by atoms with E-state index in [2.05, 4.69) is 53.4 Å². The van der Waals surface area contributed by atoms with Gasteiger partial charge in [0.25, 0.3) is 0 Å². The van der Waals surface area contributed by atoms with Crippen molar-refractivity contribution in [1.82, 2.24) is 4.98 Å². The molecule has 0 aliphatic carbocycles. The van der Waals surface area contributed by atoms with E-state index in [1.807, 2.05) is 12.1 Å². The van der Waals surface area contributed by atoms with Crippen LogP contribution in [0.15, 0.2) is 60.7 Å². The number of hydrogen-bond donors (Lipinski definition) is 0. The Kier molecular flexibility index (Phi) is 2.27. The summed E-state index contributed by atoms with van der Waals surface area (Å²) in [6, 6.07) is 21.1. The molecule has 2 heterocycles. The monoisotopic (exact) mass is 246 g/mol. The number of benzene rings is 2. The fraction of sp³-hybridized carbons (Fsp3) is 0.118. The van der Waals surface area contributed by atoms with Crippen LogP contribution in [0.4, 0.5) is 11.5 Å². The van der Waals surface area contributed by atoms with Gasteiger partial charge in [0.1, 0.15) is 5.82 Å². The topological polar surface area (TPSA) is 16.1 Å². The summed E-state index contributed by atoms with van der Waals surface area (Å²) in [6.45, 7) is 1.02. The van der Waals surface area contributed by atoms with E-state index in [0.29, 0.717) is 0 Å². The number of anilines is 2. The maximum absolute atomic E-state index is 4.84. The molecule has 0 saturated heterocycles. The van der Waals surface area contributed by atoms with Crippen molar-refractivity contribution in [3.63, 3.8) is 0 Å². The second-order valence-electron chi connectivity index (χ2n) is 4.90. The Labute approximate surface area is 112 Å². The maximum atomic E-state index is 4.84. The van der Waals surface area contributed by atoms with Gasteiger partial charge in [0.15, 0.2) is 0 Å². The van der Waals surface area contributed by atoms with Gasteiger partial charge in [0.05, 0.1) is 5.52 Å². The van der Waals surface area contributed by atoms with E-state index in [1.165, 1.54) is 16.6 Å². The predicted octanol–water partition coefficient (Wildman–Crippen LogP) is 3.93. The van der Waals surface area contributed by atoms with E-state index in [4.69, 9.17) is 4.98 Å². The molecule has 0 radical (unpaired) electrons. The maximum Gasteiger partial charge on any atom is 0.137 e. The van der Waals surface area contributed by atoms with Crippen LogP contribution in [0.25, 0.3) is 10.9 Å². The van der Waals surface area contributed by atoms with Crippen molar-refractivity contribution in [2.75, 3.05) is 11.4 Å². The Morgan fingerprint density at radius 2 is 1.68 bits per heavy atom. The van der Waals surface area contributed by atoms with Gasteiger partial charge in [-0.05, 0) is 36.2 Å². The third-order valence-corrected chi connectivity index (χ3v) is 3.71. The zero-order chi connectivity index (χ0) is 12.7. The Balaban J connectivity index is 1.88. The first kappa shape index (κ1) is 10.6. The highest BCUT2D eigenvalue weighted by molar-refractivity contribution is 5.83. The number of rotatable bonds is 1. The number of pyridine rings is 1. The molecule has 0 atom stereocenters. The quantitative estimate of drug-likeness (QED) is 0.646. The van der Waals surface area contributed by atoms with Gasteiger partial charge >= 0.3 is 0 Å². The molecule has 1 aliphatic rings. The minimum atomic E-state index is 1.02. The summed E-state index contributed by atoms with van der Waals surface area (Å²) >= 11 is 0. The van der Waals surface area contributed by atoms with Gasteiger partial charge < -0.3 is 4.90 Å². The first-order valence-electron chi connectivity index (χ1n) is 6.63. The molecule has 2 heteroatoms. The van der Waals surface area contributed by atoms with E-state index < -0.39 is 0 Å². The molecular formula is C17H14N2. The summed E-state index contributed by atoms with van der Waals surface area (Å²) in [4.78, 5) is 7.15. The molecule has 0 bridgehead atoms. The average Bonchev–Trinajstić information content (AvgIpc) is 2.88. The predicted molar refractivity (Wildman–Crippen MR) is 78.9 cm³/mol. The summed E-state index contributed by atoms with van der Waals surface area (Å²) < 4.78 is 0. The molecule has 2 nitrogen and oxygen atoms in total. The van der Waals surface area contributed by atoms with Gasteiger partial charge in [-0.15, -0.1) is 0 Å². The molecule has 3 aromatic rings. The van der Waals surface area contributed by atoms with Crippen molar-refractivity contribution < 1.29 is 0 Å². The molecule has 19 heavy (non-hydrogen) atoms. The van der Waals surface area contributed by atoms with E-state index in [-0.39, 0.29) is 0 Å². The second kappa shape index (κ2) is 4.09. The number of nitrogens with zero attached hydrogens (tertiary/aromatic N) is 2. The third kappa shape index (κ3) is 1.68. The Hall–Kier alpha value is -2.35. The van der Waals surface area contributed by atoms with Crippen molar-refractivity contribution in [2.24, 2.45) is 0 Å². The fourth-order valence-electron chi connectivity index (χ4n) is 2.76. The first-order chi connectivity index (χ1) is 9.42. The number of fused-ring (bicyclic) bond motifs is 2. The van der Waals surface area contributed by atoms with Gasteiger partial charge in [0.2, 0.25) is 0 Å². The minimum Gasteiger partial charge on any atom is -0.326 e. The largest absolute Gasteiger partial charge is 0.326 e. The van der Waals surface area contributed by atoms with E-state index in [9.17, 15) is 0 Å². The molecule has 0 amide bonds. The molecule has 1 aromatic heterocycles. The SMILES string of the molecule is c1ccc(N2CCc3cc4ccccc4nc32)cc1. The molecule has 1 aliphatic heterocycles. The Morgan fingerprint density at radius 3 is 2.58 bits per heavy atom. The highest BCUT2D eigenvalue weighted by Gasteiger charge is 2.22. The van der Waals surface area contributed by atoms with E-state index in [0.717, 1.165) is 24.3 Å². The molecule has 92 valence electrons. The van der Waals surface area contributed by atoms with E-state index >= 15 is 0 Å². The zero-order valence-corrected chi connectivity index (χ0v) is 10.6. The molecule has 0 spiro atoms. The molecule has 0 N–H and O–H groups in total. The van der Waals surface area contributed by atoms with Crippen LogP contribution in [0.1, 0.15) is 5.56 Å². The van der Waals surface area contributed by atoms with Crippen LogP contribution in [0, 0.1) is 0 Å². The van der Waals surface area contributed by atoms with Crippen molar-refractivity contribution in [1.29, 1.82) is 0 Å². The molecule has 2 aromatic carbocycles. The van der Waals surface area contributed by atoms with Gasteiger partial charge in [-0.3, -0.25) is 0 Å². The second-order valence-corrected chi connectivity index (χ2v) is 4.90. The lowest BCUT2D eigenvalue weighted by Crippen LogP contribution is -2.13. The van der Waals surface area contributed by atoms with Crippen LogP contribution in [-0.4, -0.2) is 11.5 Å². The molecular weight excluding hydrogens is 232 g/mol. The van der Waals surface area contributed by atoms with Crippen molar-refractivity contribution in [2.45, 2.75) is 6.42 Å². The van der Waals surface area contributed by atoms with Crippen LogP contribution in [0.3, 0.4) is 0 Å². The Bertz CT molecular complexity index is 735. The molecule has 4 rings (SSSR count). The van der Waals surface area contributed by atoms with Crippen molar-refractivity contribution in [3.05, 3.63) is 66.2 Å². The lowest BCUT2D eigenvalue weighted by molar-refractivity contribution is 0.991. The average molecular weight is 246 g/mol.